The first kappa shape index (κ1) is 21.8. The van der Waals surface area contributed by atoms with Crippen LogP contribution in [0, 0.1) is 22.7 Å². The van der Waals surface area contributed by atoms with Crippen LogP contribution in [-0.4, -0.2) is 57.5 Å². The van der Waals surface area contributed by atoms with Crippen molar-refractivity contribution in [2.75, 3.05) is 18.8 Å². The highest BCUT2D eigenvalue weighted by molar-refractivity contribution is 7.89. The minimum absolute atomic E-state index is 0.0829. The third-order valence-corrected chi connectivity index (χ3v) is 7.22. The van der Waals surface area contributed by atoms with E-state index in [1.807, 2.05) is 6.07 Å². The lowest BCUT2D eigenvalue weighted by Gasteiger charge is -2.47. The van der Waals surface area contributed by atoms with Crippen LogP contribution in [0.1, 0.15) is 18.4 Å². The fourth-order valence-corrected chi connectivity index (χ4v) is 5.40. The summed E-state index contributed by atoms with van der Waals surface area (Å²) in [6, 6.07) is 5.85. The van der Waals surface area contributed by atoms with Gasteiger partial charge in [-0.2, -0.15) is 33.1 Å². The van der Waals surface area contributed by atoms with Crippen LogP contribution in [0.25, 0.3) is 22.2 Å². The molecule has 0 saturated carbocycles. The summed E-state index contributed by atoms with van der Waals surface area (Å²) >= 11 is 0. The van der Waals surface area contributed by atoms with Gasteiger partial charge in [-0.05, 0) is 6.07 Å². The molecule has 4 heterocycles. The fourth-order valence-electron chi connectivity index (χ4n) is 3.78. The zero-order chi connectivity index (χ0) is 23.1. The van der Waals surface area contributed by atoms with Gasteiger partial charge in [0, 0.05) is 48.2 Å². The lowest BCUT2D eigenvalue weighted by Crippen LogP contribution is -2.64. The summed E-state index contributed by atoms with van der Waals surface area (Å²) in [6.45, 7) is -0.328. The maximum Gasteiger partial charge on any atom is 0.390 e. The van der Waals surface area contributed by atoms with Crippen molar-refractivity contribution in [3.05, 3.63) is 36.4 Å². The van der Waals surface area contributed by atoms with E-state index in [2.05, 4.69) is 21.1 Å². The largest absolute Gasteiger partial charge is 0.390 e. The van der Waals surface area contributed by atoms with Gasteiger partial charge in [0.2, 0.25) is 10.0 Å². The molecule has 3 aromatic rings. The summed E-state index contributed by atoms with van der Waals surface area (Å²) in [5, 5.41) is 23.8. The summed E-state index contributed by atoms with van der Waals surface area (Å²) in [5.74, 6) is -1.04. The lowest BCUT2D eigenvalue weighted by atomic mass is 9.89. The predicted octanol–water partition coefficient (Wildman–Crippen LogP) is 2.50. The predicted molar refractivity (Wildman–Crippen MR) is 106 cm³/mol. The van der Waals surface area contributed by atoms with Crippen molar-refractivity contribution in [2.24, 2.45) is 0 Å². The number of aromatic amines is 1. The number of hydrogen-bond donors (Lipinski definition) is 1. The van der Waals surface area contributed by atoms with E-state index < -0.39 is 33.9 Å². The van der Waals surface area contributed by atoms with Crippen molar-refractivity contribution >= 4 is 21.1 Å². The fraction of sp³-hybridized carbons (Fsp3) is 0.368. The van der Waals surface area contributed by atoms with E-state index in [1.165, 1.54) is 17.1 Å². The first-order valence-corrected chi connectivity index (χ1v) is 11.0. The van der Waals surface area contributed by atoms with E-state index >= 15 is 0 Å². The molecule has 0 aliphatic carbocycles. The van der Waals surface area contributed by atoms with Gasteiger partial charge >= 0.3 is 6.18 Å². The molecular formula is C19H16F3N7O2S. The Hall–Kier alpha value is -3.42. The van der Waals surface area contributed by atoms with E-state index in [0.29, 0.717) is 27.7 Å². The number of halogens is 3. The van der Waals surface area contributed by atoms with Crippen LogP contribution in [0.15, 0.2) is 30.9 Å². The first-order valence-electron chi connectivity index (χ1n) is 9.42. The second-order valence-corrected chi connectivity index (χ2v) is 9.67. The average Bonchev–Trinajstić information content (AvgIpc) is 3.37. The molecule has 1 aliphatic heterocycles. The molecule has 1 fully saturated rings. The molecule has 9 nitrogen and oxygen atoms in total. The molecule has 32 heavy (non-hydrogen) atoms. The third-order valence-electron chi connectivity index (χ3n) is 5.45. The summed E-state index contributed by atoms with van der Waals surface area (Å²) in [5.41, 5.74) is 1.05. The number of nitrogens with one attached hydrogen (secondary N) is 1. The number of pyridine rings is 1. The molecule has 0 bridgehead atoms. The van der Waals surface area contributed by atoms with Crippen LogP contribution in [0.3, 0.4) is 0 Å². The number of H-pyrrole nitrogens is 1. The molecule has 0 unspecified atom stereocenters. The van der Waals surface area contributed by atoms with Crippen molar-refractivity contribution < 1.29 is 21.6 Å². The normalized spacial score (nSPS) is 16.4. The quantitative estimate of drug-likeness (QED) is 0.598. The molecule has 1 saturated heterocycles. The topological polar surface area (TPSA) is 131 Å². The summed E-state index contributed by atoms with van der Waals surface area (Å²) < 4.78 is 64.3. The van der Waals surface area contributed by atoms with Gasteiger partial charge in [-0.3, -0.25) is 4.68 Å². The number of fused-ring (bicyclic) bond motifs is 1. The molecular weight excluding hydrogens is 447 g/mol. The van der Waals surface area contributed by atoms with Gasteiger partial charge in [-0.25, -0.2) is 13.4 Å². The SMILES string of the molecule is N#CCC1(n2cc(-c3c(C#N)cnc4[nH]ccc34)cn2)CN(S(=O)(=O)CCC(F)(F)F)C1. The second-order valence-electron chi connectivity index (χ2n) is 7.58. The summed E-state index contributed by atoms with van der Waals surface area (Å²) in [4.78, 5) is 7.14. The van der Waals surface area contributed by atoms with Crippen LogP contribution in [-0.2, 0) is 15.6 Å². The van der Waals surface area contributed by atoms with E-state index in [-0.39, 0.29) is 19.5 Å². The van der Waals surface area contributed by atoms with Gasteiger partial charge < -0.3 is 4.98 Å². The van der Waals surface area contributed by atoms with E-state index in [1.54, 1.807) is 18.5 Å². The highest BCUT2D eigenvalue weighted by Gasteiger charge is 2.50. The van der Waals surface area contributed by atoms with Crippen LogP contribution in [0.2, 0.25) is 0 Å². The maximum atomic E-state index is 12.5. The highest BCUT2D eigenvalue weighted by atomic mass is 32.2. The number of nitrogens with zero attached hydrogens (tertiary/aromatic N) is 6. The Morgan fingerprint density at radius 2 is 2.00 bits per heavy atom. The number of alkyl halides is 3. The zero-order valence-corrected chi connectivity index (χ0v) is 17.3. The van der Waals surface area contributed by atoms with Gasteiger partial charge in [0.1, 0.15) is 17.3 Å². The second kappa shape index (κ2) is 7.62. The Balaban J connectivity index is 1.63. The van der Waals surface area contributed by atoms with Crippen molar-refractivity contribution in [3.8, 4) is 23.3 Å². The van der Waals surface area contributed by atoms with Gasteiger partial charge in [0.15, 0.2) is 0 Å². The smallest absolute Gasteiger partial charge is 0.346 e. The molecule has 0 aromatic carbocycles. The molecule has 13 heteroatoms. The Morgan fingerprint density at radius 3 is 2.66 bits per heavy atom. The Kier molecular flexibility index (Phi) is 5.19. The van der Waals surface area contributed by atoms with Crippen molar-refractivity contribution in [1.82, 2.24) is 24.1 Å². The summed E-state index contributed by atoms with van der Waals surface area (Å²) in [7, 11) is -4.12. The van der Waals surface area contributed by atoms with Crippen molar-refractivity contribution in [3.63, 3.8) is 0 Å². The van der Waals surface area contributed by atoms with Crippen LogP contribution >= 0.6 is 0 Å². The molecule has 0 amide bonds. The summed E-state index contributed by atoms with van der Waals surface area (Å²) in [6.07, 6.45) is 0.122. The highest BCUT2D eigenvalue weighted by Crippen LogP contribution is 2.37. The molecule has 0 spiro atoms. The molecule has 4 rings (SSSR count). The van der Waals surface area contributed by atoms with Crippen LogP contribution in [0.4, 0.5) is 13.2 Å². The van der Waals surface area contributed by atoms with Gasteiger partial charge in [0.25, 0.3) is 0 Å². The molecule has 0 radical (unpaired) electrons. The molecule has 3 aromatic heterocycles. The maximum absolute atomic E-state index is 12.5. The number of aromatic nitrogens is 4. The number of hydrogen-bond acceptors (Lipinski definition) is 6. The minimum atomic E-state index is -4.58. The van der Waals surface area contributed by atoms with E-state index in [0.717, 1.165) is 4.31 Å². The molecule has 1 N–H and O–H groups in total. The molecule has 1 aliphatic rings. The molecule has 166 valence electrons. The minimum Gasteiger partial charge on any atom is -0.346 e. The van der Waals surface area contributed by atoms with Crippen molar-refractivity contribution in [2.45, 2.75) is 24.6 Å². The Bertz CT molecular complexity index is 1360. The van der Waals surface area contributed by atoms with Gasteiger partial charge in [-0.15, -0.1) is 0 Å². The monoisotopic (exact) mass is 463 g/mol. The van der Waals surface area contributed by atoms with Crippen LogP contribution in [0.5, 0.6) is 0 Å². The van der Waals surface area contributed by atoms with Crippen LogP contribution < -0.4 is 0 Å². The Morgan fingerprint density at radius 1 is 1.25 bits per heavy atom. The van der Waals surface area contributed by atoms with Gasteiger partial charge in [-0.1, -0.05) is 0 Å². The Labute approximate surface area is 180 Å². The standard InChI is InChI=1S/C19H16F3N7O2S/c20-19(21,22)3-6-32(30,31)28-11-18(12-28,2-4-23)29-10-14(9-27-29)16-13(7-24)8-26-17-15(16)1-5-25-17/h1,5,8-10H,2-3,6,11-12H2,(H,25,26). The molecule has 0 atom stereocenters. The average molecular weight is 463 g/mol. The van der Waals surface area contributed by atoms with E-state index in [9.17, 15) is 32.1 Å². The lowest BCUT2D eigenvalue weighted by molar-refractivity contribution is -0.130. The van der Waals surface area contributed by atoms with E-state index in [4.69, 9.17) is 0 Å². The number of rotatable bonds is 6. The first-order chi connectivity index (χ1) is 15.1. The van der Waals surface area contributed by atoms with Crippen molar-refractivity contribution in [1.29, 1.82) is 10.5 Å². The number of nitriles is 2. The zero-order valence-electron chi connectivity index (χ0n) is 16.5. The third kappa shape index (κ3) is 3.81. The number of sulfonamides is 1. The van der Waals surface area contributed by atoms with Gasteiger partial charge in [0.05, 0.1) is 36.4 Å².